The van der Waals surface area contributed by atoms with Gasteiger partial charge in [0.2, 0.25) is 17.7 Å². The first-order valence-corrected chi connectivity index (χ1v) is 18.1. The Morgan fingerprint density at radius 1 is 1.18 bits per heavy atom. The smallest absolute Gasteiger partial charge is 0.312 e. The first-order chi connectivity index (χ1) is 24.6. The van der Waals surface area contributed by atoms with Crippen LogP contribution in [0.25, 0.3) is 11.0 Å². The lowest BCUT2D eigenvalue weighted by Crippen LogP contribution is -2.59. The van der Waals surface area contributed by atoms with Crippen LogP contribution in [0.1, 0.15) is 31.7 Å². The van der Waals surface area contributed by atoms with Crippen molar-refractivity contribution in [2.24, 2.45) is 11.8 Å². The van der Waals surface area contributed by atoms with Gasteiger partial charge in [0, 0.05) is 17.8 Å². The number of nitrogens with zero attached hydrogens (tertiary/aromatic N) is 5. The molecular weight excluding hydrogens is 720 g/mol. The van der Waals surface area contributed by atoms with Gasteiger partial charge in [-0.25, -0.2) is 4.68 Å². The van der Waals surface area contributed by atoms with Crippen LogP contribution < -0.4 is 5.32 Å². The Bertz CT molecular complexity index is 1790. The number of aromatic nitrogens is 3. The molecule has 6 rings (SSSR count). The number of alkyl halides is 1. The largest absolute Gasteiger partial charge is 0.460 e. The van der Waals surface area contributed by atoms with E-state index >= 15 is 4.79 Å². The summed E-state index contributed by atoms with van der Waals surface area (Å²) >= 11 is 3.70. The Morgan fingerprint density at radius 3 is 2.65 bits per heavy atom. The number of aliphatic hydroxyl groups excluding tert-OH is 1. The van der Waals surface area contributed by atoms with Crippen molar-refractivity contribution < 1.29 is 33.8 Å². The van der Waals surface area contributed by atoms with Crippen LogP contribution >= 0.6 is 15.9 Å². The molecule has 3 amide bonds. The fourth-order valence-corrected chi connectivity index (χ4v) is 8.72. The maximum Gasteiger partial charge on any atom is 0.312 e. The van der Waals surface area contributed by atoms with Crippen LogP contribution in [0.3, 0.4) is 0 Å². The molecule has 13 nitrogen and oxygen atoms in total. The van der Waals surface area contributed by atoms with E-state index in [9.17, 15) is 19.5 Å². The summed E-state index contributed by atoms with van der Waals surface area (Å²) in [5, 5.41) is 22.1. The van der Waals surface area contributed by atoms with E-state index in [-0.39, 0.29) is 49.8 Å². The van der Waals surface area contributed by atoms with E-state index in [0.717, 1.165) is 11.1 Å². The summed E-state index contributed by atoms with van der Waals surface area (Å²) in [5.74, 6) is -3.80. The summed E-state index contributed by atoms with van der Waals surface area (Å²) in [6, 6.07) is 14.8. The Balaban J connectivity index is 1.34. The maximum atomic E-state index is 15.0. The van der Waals surface area contributed by atoms with Crippen molar-refractivity contribution in [3.05, 3.63) is 85.5 Å². The molecule has 8 atom stereocenters. The standard InChI is InChI=1S/C37H43BrN6O7/c1-4-6-16-29(46)39-20-23(3)50-36(49)30-31-34(47)44(25(21-45)18-24-12-8-7-9-13-24)33(37(31)19-26(38)32(30)51-37)35(48)42(17-5-2)22-43-28-15-11-10-14-27(28)40-41-43/h4-5,7-15,23,25-26,30-33,45H,1-2,6,16-22H2,3H3,(H,39,46)/t23-,25+,26?,30-,31+,32-,33-,37+/m0/s1. The molecule has 3 aliphatic rings. The highest BCUT2D eigenvalue weighted by Gasteiger charge is 2.77. The molecule has 2 N–H and O–H groups in total. The number of fused-ring (bicyclic) bond motifs is 2. The quantitative estimate of drug-likeness (QED) is 0.127. The number of carbonyl (C=O) groups excluding carboxylic acids is 4. The van der Waals surface area contributed by atoms with Gasteiger partial charge in [0.1, 0.15) is 29.9 Å². The lowest BCUT2D eigenvalue weighted by molar-refractivity contribution is -0.160. The summed E-state index contributed by atoms with van der Waals surface area (Å²) in [7, 11) is 0. The van der Waals surface area contributed by atoms with E-state index in [1.165, 1.54) is 9.80 Å². The third kappa shape index (κ3) is 6.96. The number of para-hydroxylation sites is 1. The van der Waals surface area contributed by atoms with Crippen molar-refractivity contribution in [2.75, 3.05) is 19.7 Å². The Kier molecular flexibility index (Phi) is 11.0. The minimum atomic E-state index is -1.40. The molecule has 4 heterocycles. The number of aliphatic hydroxyl groups is 1. The number of ether oxygens (including phenoxy) is 2. The van der Waals surface area contributed by atoms with Gasteiger partial charge in [-0.1, -0.05) is 75.8 Å². The van der Waals surface area contributed by atoms with Gasteiger partial charge in [-0.15, -0.1) is 18.3 Å². The average molecular weight is 764 g/mol. The molecule has 2 bridgehead atoms. The number of halogens is 1. The van der Waals surface area contributed by atoms with Crippen LogP contribution in [0, 0.1) is 11.8 Å². The normalized spacial score (nSPS) is 26.1. The van der Waals surface area contributed by atoms with E-state index in [2.05, 4.69) is 44.7 Å². The highest BCUT2D eigenvalue weighted by molar-refractivity contribution is 9.09. The molecule has 1 aromatic heterocycles. The van der Waals surface area contributed by atoms with Crippen LogP contribution in [-0.2, 0) is 41.7 Å². The number of hydrogen-bond donors (Lipinski definition) is 2. The SMILES string of the molecule is C=CCCC(=O)NC[C@H](C)OC(=O)[C@@H]1[C@H]2O[C@@]3(CC2Br)[C@H](C(=O)N(CC=C)Cn2nnc4ccccc42)N([C@@H](CO)Cc2ccccc2)C(=O)[C@@H]13. The highest BCUT2D eigenvalue weighted by Crippen LogP contribution is 2.61. The Labute approximate surface area is 304 Å². The fourth-order valence-electron chi connectivity index (χ4n) is 7.77. The number of esters is 1. The second-order valence-corrected chi connectivity index (χ2v) is 14.6. The first kappa shape index (κ1) is 36.4. The molecule has 14 heteroatoms. The minimum Gasteiger partial charge on any atom is -0.460 e. The lowest BCUT2D eigenvalue weighted by atomic mass is 9.70. The summed E-state index contributed by atoms with van der Waals surface area (Å²) in [4.78, 5) is 58.6. The summed E-state index contributed by atoms with van der Waals surface area (Å²) in [6.45, 7) is 8.97. The number of likely N-dealkylation sites (tertiary alicyclic amines) is 1. The van der Waals surface area contributed by atoms with Gasteiger partial charge < -0.3 is 29.7 Å². The van der Waals surface area contributed by atoms with Crippen LogP contribution in [0.4, 0.5) is 0 Å². The average Bonchev–Trinajstić information content (AvgIpc) is 3.85. The molecule has 1 spiro atoms. The molecule has 1 unspecified atom stereocenters. The van der Waals surface area contributed by atoms with E-state index in [4.69, 9.17) is 9.47 Å². The second-order valence-electron chi connectivity index (χ2n) is 13.4. The number of hydrogen-bond acceptors (Lipinski definition) is 9. The lowest BCUT2D eigenvalue weighted by Gasteiger charge is -2.39. The molecule has 3 aromatic rings. The van der Waals surface area contributed by atoms with Crippen molar-refractivity contribution in [1.82, 2.24) is 30.1 Å². The molecule has 3 aliphatic heterocycles. The molecule has 270 valence electrons. The van der Waals surface area contributed by atoms with Gasteiger partial charge in [-0.2, -0.15) is 0 Å². The van der Waals surface area contributed by atoms with Gasteiger partial charge >= 0.3 is 5.97 Å². The molecule has 3 fully saturated rings. The topological polar surface area (TPSA) is 156 Å². The highest BCUT2D eigenvalue weighted by atomic mass is 79.9. The van der Waals surface area contributed by atoms with Crippen LogP contribution in [-0.4, -0.2) is 108 Å². The molecule has 3 saturated heterocycles. The fraction of sp³-hybridized carbons (Fsp3) is 0.459. The first-order valence-electron chi connectivity index (χ1n) is 17.2. The van der Waals surface area contributed by atoms with Gasteiger partial charge in [0.15, 0.2) is 0 Å². The predicted molar refractivity (Wildman–Crippen MR) is 191 cm³/mol. The van der Waals surface area contributed by atoms with E-state index in [1.54, 1.807) is 23.8 Å². The van der Waals surface area contributed by atoms with Crippen molar-refractivity contribution in [3.8, 4) is 0 Å². The number of benzene rings is 2. The van der Waals surface area contributed by atoms with Crippen molar-refractivity contribution in [1.29, 1.82) is 0 Å². The molecule has 0 radical (unpaired) electrons. The molecule has 0 aliphatic carbocycles. The monoisotopic (exact) mass is 762 g/mol. The molecule has 0 saturated carbocycles. The second kappa shape index (κ2) is 15.5. The number of allylic oxidation sites excluding steroid dienone is 1. The summed E-state index contributed by atoms with van der Waals surface area (Å²) < 4.78 is 14.1. The van der Waals surface area contributed by atoms with E-state index < -0.39 is 66.1 Å². The zero-order chi connectivity index (χ0) is 36.3. The number of amides is 3. The van der Waals surface area contributed by atoms with Crippen LogP contribution in [0.2, 0.25) is 0 Å². The summed E-state index contributed by atoms with van der Waals surface area (Å²) in [5.41, 5.74) is 0.854. The summed E-state index contributed by atoms with van der Waals surface area (Å²) in [6.07, 6.45) is 3.15. The molecule has 2 aromatic carbocycles. The zero-order valence-corrected chi connectivity index (χ0v) is 30.1. The van der Waals surface area contributed by atoms with E-state index in [1.807, 2.05) is 54.6 Å². The van der Waals surface area contributed by atoms with Gasteiger partial charge in [-0.3, -0.25) is 19.2 Å². The van der Waals surface area contributed by atoms with Gasteiger partial charge in [0.25, 0.3) is 0 Å². The van der Waals surface area contributed by atoms with Crippen LogP contribution in [0.15, 0.2) is 79.9 Å². The Hall–Kier alpha value is -4.40. The van der Waals surface area contributed by atoms with Gasteiger partial charge in [-0.05, 0) is 43.9 Å². The van der Waals surface area contributed by atoms with E-state index in [0.29, 0.717) is 11.9 Å². The van der Waals surface area contributed by atoms with Crippen molar-refractivity contribution in [3.63, 3.8) is 0 Å². The van der Waals surface area contributed by atoms with Crippen LogP contribution in [0.5, 0.6) is 0 Å². The number of nitrogens with one attached hydrogen (secondary N) is 1. The minimum absolute atomic E-state index is 0.00972. The zero-order valence-electron chi connectivity index (χ0n) is 28.5. The van der Waals surface area contributed by atoms with Crippen molar-refractivity contribution in [2.45, 2.75) is 74.0 Å². The molecular formula is C37H43BrN6O7. The third-order valence-corrected chi connectivity index (χ3v) is 10.9. The maximum absolute atomic E-state index is 15.0. The number of carbonyl (C=O) groups is 4. The molecule has 51 heavy (non-hydrogen) atoms. The van der Waals surface area contributed by atoms with Crippen molar-refractivity contribution >= 4 is 50.7 Å². The predicted octanol–water partition coefficient (Wildman–Crippen LogP) is 2.77. The third-order valence-electron chi connectivity index (χ3n) is 10.0. The Morgan fingerprint density at radius 2 is 1.92 bits per heavy atom. The van der Waals surface area contributed by atoms with Gasteiger partial charge in [0.05, 0.1) is 42.6 Å². The number of rotatable bonds is 16.